The smallest absolute Gasteiger partial charge is 0.405 e. The van der Waals surface area contributed by atoms with Gasteiger partial charge < -0.3 is 20.1 Å². The predicted molar refractivity (Wildman–Crippen MR) is 111 cm³/mol. The summed E-state index contributed by atoms with van der Waals surface area (Å²) in [5.41, 5.74) is 7.32. The van der Waals surface area contributed by atoms with Crippen LogP contribution >= 0.6 is 11.6 Å². The van der Waals surface area contributed by atoms with Gasteiger partial charge in [0.05, 0.1) is 7.11 Å². The predicted octanol–water partition coefficient (Wildman–Crippen LogP) is 3.70. The van der Waals surface area contributed by atoms with Crippen molar-refractivity contribution in [2.45, 2.75) is 12.5 Å². The van der Waals surface area contributed by atoms with Crippen molar-refractivity contribution in [2.24, 2.45) is 5.73 Å². The van der Waals surface area contributed by atoms with Gasteiger partial charge in [-0.25, -0.2) is 4.79 Å². The summed E-state index contributed by atoms with van der Waals surface area (Å²) in [5, 5.41) is 0.615. The first-order valence-corrected chi connectivity index (χ1v) is 9.76. The van der Waals surface area contributed by atoms with Gasteiger partial charge in [-0.3, -0.25) is 4.90 Å². The van der Waals surface area contributed by atoms with E-state index in [4.69, 9.17) is 26.8 Å². The molecule has 2 N–H and O–H groups in total. The van der Waals surface area contributed by atoms with Gasteiger partial charge in [0, 0.05) is 49.9 Å². The summed E-state index contributed by atoms with van der Waals surface area (Å²) in [7, 11) is 1.67. The van der Waals surface area contributed by atoms with Crippen LogP contribution in [0.3, 0.4) is 0 Å². The Morgan fingerprint density at radius 3 is 2.46 bits per heavy atom. The quantitative estimate of drug-likeness (QED) is 0.763. The van der Waals surface area contributed by atoms with Crippen LogP contribution < -0.4 is 15.4 Å². The first kappa shape index (κ1) is 20.3. The second-order valence-electron chi connectivity index (χ2n) is 6.80. The fraction of sp³-hybridized carbons (Fsp3) is 0.381. The second kappa shape index (κ2) is 9.66. The Morgan fingerprint density at radius 1 is 1.14 bits per heavy atom. The summed E-state index contributed by atoms with van der Waals surface area (Å²) in [6.45, 7) is 4.62. The molecule has 0 aromatic heterocycles. The third-order valence-corrected chi connectivity index (χ3v) is 5.23. The fourth-order valence-electron chi connectivity index (χ4n) is 3.46. The van der Waals surface area contributed by atoms with Crippen LogP contribution in [-0.2, 0) is 4.74 Å². The summed E-state index contributed by atoms with van der Waals surface area (Å²) in [5.74, 6) is 0.865. The van der Waals surface area contributed by atoms with E-state index in [9.17, 15) is 4.79 Å². The number of primary amides is 1. The first-order valence-electron chi connectivity index (χ1n) is 9.38. The van der Waals surface area contributed by atoms with Crippen molar-refractivity contribution >= 4 is 23.4 Å². The summed E-state index contributed by atoms with van der Waals surface area (Å²) >= 11 is 6.07. The molecule has 1 atom stereocenters. The molecule has 0 aliphatic carbocycles. The number of halogens is 1. The average Bonchev–Trinajstić information content (AvgIpc) is 2.71. The van der Waals surface area contributed by atoms with Crippen LogP contribution in [-0.4, -0.2) is 50.8 Å². The Kier molecular flexibility index (Phi) is 7.01. The molecule has 1 aliphatic rings. The molecule has 1 saturated heterocycles. The lowest BCUT2D eigenvalue weighted by atomic mass is 10.1. The Morgan fingerprint density at radius 2 is 1.86 bits per heavy atom. The van der Waals surface area contributed by atoms with E-state index < -0.39 is 12.2 Å². The van der Waals surface area contributed by atoms with E-state index in [1.54, 1.807) is 13.2 Å². The van der Waals surface area contributed by atoms with Crippen molar-refractivity contribution in [1.82, 2.24) is 4.90 Å². The molecule has 6 nitrogen and oxygen atoms in total. The number of methoxy groups -OCH3 is 1. The second-order valence-corrected chi connectivity index (χ2v) is 7.23. The molecule has 150 valence electrons. The molecule has 0 saturated carbocycles. The number of nitrogens with two attached hydrogens (primary N) is 1. The SMILES string of the molecule is COc1ccc(N2CCN(CCC(OC(N)=O)c3cccc(Cl)c3)CC2)cc1. The average molecular weight is 404 g/mol. The fourth-order valence-corrected chi connectivity index (χ4v) is 3.66. The molecule has 2 aromatic rings. The molecule has 1 heterocycles. The molecule has 1 amide bonds. The maximum atomic E-state index is 11.3. The molecule has 1 unspecified atom stereocenters. The third kappa shape index (κ3) is 5.53. The van der Waals surface area contributed by atoms with Crippen LogP contribution in [0, 0.1) is 0 Å². The van der Waals surface area contributed by atoms with Crippen molar-refractivity contribution < 1.29 is 14.3 Å². The van der Waals surface area contributed by atoms with E-state index in [0.29, 0.717) is 11.4 Å². The van der Waals surface area contributed by atoms with Crippen LogP contribution in [0.25, 0.3) is 0 Å². The van der Waals surface area contributed by atoms with Gasteiger partial charge in [-0.15, -0.1) is 0 Å². The molecular weight excluding hydrogens is 378 g/mol. The van der Waals surface area contributed by atoms with Crippen LogP contribution in [0.5, 0.6) is 5.75 Å². The van der Waals surface area contributed by atoms with Crippen LogP contribution in [0.15, 0.2) is 48.5 Å². The zero-order valence-corrected chi connectivity index (χ0v) is 16.8. The van der Waals surface area contributed by atoms with Crippen LogP contribution in [0.2, 0.25) is 5.02 Å². The minimum atomic E-state index is -0.769. The van der Waals surface area contributed by atoms with Gasteiger partial charge in [-0.1, -0.05) is 23.7 Å². The Labute approximate surface area is 170 Å². The number of carbonyl (C=O) groups excluding carboxylic acids is 1. The number of nitrogens with zero attached hydrogens (tertiary/aromatic N) is 2. The number of hydrogen-bond donors (Lipinski definition) is 1. The van der Waals surface area contributed by atoms with E-state index in [0.717, 1.165) is 44.0 Å². The van der Waals surface area contributed by atoms with Crippen LogP contribution in [0.4, 0.5) is 10.5 Å². The number of anilines is 1. The molecule has 0 spiro atoms. The lowest BCUT2D eigenvalue weighted by molar-refractivity contribution is 0.0910. The highest BCUT2D eigenvalue weighted by molar-refractivity contribution is 6.30. The lowest BCUT2D eigenvalue weighted by Crippen LogP contribution is -2.46. The summed E-state index contributed by atoms with van der Waals surface area (Å²) in [6.07, 6.45) is -0.489. The van der Waals surface area contributed by atoms with E-state index >= 15 is 0 Å². The van der Waals surface area contributed by atoms with Gasteiger partial charge >= 0.3 is 6.09 Å². The topological polar surface area (TPSA) is 68.0 Å². The molecule has 1 fully saturated rings. The Balaban J connectivity index is 1.53. The monoisotopic (exact) mass is 403 g/mol. The number of rotatable bonds is 7. The zero-order valence-electron chi connectivity index (χ0n) is 16.0. The number of amides is 1. The standard InChI is InChI=1S/C21H26ClN3O3/c1-27-19-7-5-18(6-8-19)25-13-11-24(12-14-25)10-9-20(28-21(23)26)16-3-2-4-17(22)15-16/h2-8,15,20H,9-14H2,1H3,(H2,23,26). The maximum Gasteiger partial charge on any atom is 0.405 e. The van der Waals surface area contributed by atoms with Crippen LogP contribution in [0.1, 0.15) is 18.1 Å². The zero-order chi connectivity index (χ0) is 19.9. The highest BCUT2D eigenvalue weighted by atomic mass is 35.5. The van der Waals surface area contributed by atoms with Gasteiger partial charge in [0.15, 0.2) is 0 Å². The van der Waals surface area contributed by atoms with E-state index in [-0.39, 0.29) is 0 Å². The Hall–Kier alpha value is -2.44. The molecule has 3 rings (SSSR count). The number of ether oxygens (including phenoxy) is 2. The van der Waals surface area contributed by atoms with Gasteiger partial charge in [-0.05, 0) is 42.0 Å². The molecule has 7 heteroatoms. The largest absolute Gasteiger partial charge is 0.497 e. The van der Waals surface area contributed by atoms with Gasteiger partial charge in [0.1, 0.15) is 11.9 Å². The van der Waals surface area contributed by atoms with Crippen molar-refractivity contribution in [3.8, 4) is 5.75 Å². The lowest BCUT2D eigenvalue weighted by Gasteiger charge is -2.36. The molecule has 28 heavy (non-hydrogen) atoms. The van der Waals surface area contributed by atoms with E-state index in [2.05, 4.69) is 21.9 Å². The minimum Gasteiger partial charge on any atom is -0.497 e. The molecule has 2 aromatic carbocycles. The van der Waals surface area contributed by atoms with Crippen molar-refractivity contribution in [3.63, 3.8) is 0 Å². The highest BCUT2D eigenvalue weighted by Crippen LogP contribution is 2.25. The normalized spacial score (nSPS) is 15.9. The molecule has 0 radical (unpaired) electrons. The minimum absolute atomic E-state index is 0.393. The molecular formula is C21H26ClN3O3. The molecule has 1 aliphatic heterocycles. The van der Waals surface area contributed by atoms with E-state index in [1.165, 1.54) is 5.69 Å². The maximum absolute atomic E-state index is 11.3. The number of piperazine rings is 1. The number of hydrogen-bond acceptors (Lipinski definition) is 5. The summed E-state index contributed by atoms with van der Waals surface area (Å²) in [6, 6.07) is 15.5. The number of benzene rings is 2. The van der Waals surface area contributed by atoms with Gasteiger partial charge in [-0.2, -0.15) is 0 Å². The van der Waals surface area contributed by atoms with Crippen molar-refractivity contribution in [1.29, 1.82) is 0 Å². The van der Waals surface area contributed by atoms with Gasteiger partial charge in [0.25, 0.3) is 0 Å². The highest BCUT2D eigenvalue weighted by Gasteiger charge is 2.21. The summed E-state index contributed by atoms with van der Waals surface area (Å²) in [4.78, 5) is 16.0. The van der Waals surface area contributed by atoms with Crippen molar-refractivity contribution in [2.75, 3.05) is 44.7 Å². The van der Waals surface area contributed by atoms with E-state index in [1.807, 2.05) is 30.3 Å². The number of carbonyl (C=O) groups is 1. The summed E-state index contributed by atoms with van der Waals surface area (Å²) < 4.78 is 10.5. The van der Waals surface area contributed by atoms with Gasteiger partial charge in [0.2, 0.25) is 0 Å². The third-order valence-electron chi connectivity index (χ3n) is 5.00. The molecule has 0 bridgehead atoms. The van der Waals surface area contributed by atoms with Crippen molar-refractivity contribution in [3.05, 3.63) is 59.1 Å². The Bertz CT molecular complexity index is 777. The first-order chi connectivity index (χ1) is 13.5.